The number of benzene rings is 2. The molecule has 3 aromatic rings. The Kier molecular flexibility index (Phi) is 5.34. The molecule has 0 unspecified atom stereocenters. The molecule has 130 valence electrons. The summed E-state index contributed by atoms with van der Waals surface area (Å²) in [6.45, 7) is -0.394. The third-order valence-electron chi connectivity index (χ3n) is 3.66. The first kappa shape index (κ1) is 17.7. The number of H-pyrrole nitrogens is 1. The maximum absolute atomic E-state index is 11.9. The van der Waals surface area contributed by atoms with E-state index >= 15 is 0 Å². The van der Waals surface area contributed by atoms with E-state index in [1.807, 2.05) is 36.4 Å². The number of para-hydroxylation sites is 2. The molecule has 3 rings (SSSR count). The van der Waals surface area contributed by atoms with Gasteiger partial charge in [0.25, 0.3) is 0 Å². The van der Waals surface area contributed by atoms with E-state index in [-0.39, 0.29) is 23.6 Å². The van der Waals surface area contributed by atoms with Crippen LogP contribution in [0.3, 0.4) is 0 Å². The van der Waals surface area contributed by atoms with E-state index in [0.29, 0.717) is 5.52 Å². The molecular weight excluding hydrogens is 398 g/mol. The summed E-state index contributed by atoms with van der Waals surface area (Å²) in [4.78, 5) is 19.1. The molecule has 0 atom stereocenters. The molecule has 6 nitrogen and oxygen atoms in total. The van der Waals surface area contributed by atoms with Crippen molar-refractivity contribution >= 4 is 38.5 Å². The zero-order chi connectivity index (χ0) is 18.5. The molecule has 26 heavy (non-hydrogen) atoms. The van der Waals surface area contributed by atoms with Crippen molar-refractivity contribution in [2.45, 2.75) is 6.42 Å². The summed E-state index contributed by atoms with van der Waals surface area (Å²) in [5.74, 6) is -0.619. The number of imidazole rings is 1. The molecule has 0 amide bonds. The fraction of sp³-hybridized carbons (Fsp3) is 0.105. The molecule has 0 aliphatic carbocycles. The van der Waals surface area contributed by atoms with Crippen LogP contribution in [0.1, 0.15) is 11.4 Å². The second-order valence-corrected chi connectivity index (χ2v) is 6.42. The summed E-state index contributed by atoms with van der Waals surface area (Å²) in [5.41, 5.74) is 2.16. The number of fused-ring (bicyclic) bond motifs is 1. The number of nitrogens with one attached hydrogen (secondary N) is 1. The average Bonchev–Trinajstić information content (AvgIpc) is 3.06. The Balaban J connectivity index is 1.69. The van der Waals surface area contributed by atoms with Gasteiger partial charge in [0.2, 0.25) is 0 Å². The van der Waals surface area contributed by atoms with E-state index in [9.17, 15) is 15.2 Å². The summed E-state index contributed by atoms with van der Waals surface area (Å²) in [5, 5.41) is 19.5. The lowest BCUT2D eigenvalue weighted by Gasteiger charge is -2.06. The summed E-state index contributed by atoms with van der Waals surface area (Å²) in [6, 6.07) is 16.4. The molecule has 0 bridgehead atoms. The van der Waals surface area contributed by atoms with Gasteiger partial charge in [-0.15, -0.1) is 0 Å². The minimum atomic E-state index is -0.499. The number of carbonyl (C=O) groups excluding carboxylic acids is 1. The van der Waals surface area contributed by atoms with Gasteiger partial charge in [-0.2, -0.15) is 5.26 Å². The van der Waals surface area contributed by atoms with Gasteiger partial charge in [-0.1, -0.05) is 40.2 Å². The molecular formula is C19H14BrN3O3. The Morgan fingerprint density at radius 3 is 2.65 bits per heavy atom. The van der Waals surface area contributed by atoms with Crippen molar-refractivity contribution in [2.24, 2.45) is 0 Å². The highest BCUT2D eigenvalue weighted by atomic mass is 79.9. The molecule has 0 saturated heterocycles. The van der Waals surface area contributed by atoms with E-state index in [4.69, 9.17) is 4.74 Å². The van der Waals surface area contributed by atoms with Crippen LogP contribution in [-0.4, -0.2) is 27.7 Å². The van der Waals surface area contributed by atoms with Crippen LogP contribution in [0.15, 0.2) is 58.8 Å². The first-order chi connectivity index (χ1) is 12.6. The number of allylic oxidation sites excluding steroid dienone is 1. The number of hydrogen-bond donors (Lipinski definition) is 2. The summed E-state index contributed by atoms with van der Waals surface area (Å²) < 4.78 is 5.98. The number of ether oxygens (including phenoxy) is 1. The molecule has 0 aliphatic heterocycles. The standard InChI is InChI=1S/C19H14BrN3O3/c20-13-7-5-12(6-8-13)9-18(25)26-11-17(24)14(10-21)19-22-15-3-1-2-4-16(15)23-19/h1-8,24H,9,11H2,(H,22,23). The SMILES string of the molecule is N#CC(=C(O)COC(=O)Cc1ccc(Br)cc1)c1nc2ccccc2[nH]1. The van der Waals surface area contributed by atoms with Crippen LogP contribution in [0.4, 0.5) is 0 Å². The summed E-state index contributed by atoms with van der Waals surface area (Å²) >= 11 is 3.33. The molecule has 7 heteroatoms. The molecule has 1 heterocycles. The minimum Gasteiger partial charge on any atom is -0.507 e. The predicted molar refractivity (Wildman–Crippen MR) is 100 cm³/mol. The van der Waals surface area contributed by atoms with Crippen LogP contribution >= 0.6 is 15.9 Å². The first-order valence-electron chi connectivity index (χ1n) is 7.74. The Labute approximate surface area is 157 Å². The highest BCUT2D eigenvalue weighted by Gasteiger charge is 2.15. The Hall–Kier alpha value is -3.11. The van der Waals surface area contributed by atoms with Crippen molar-refractivity contribution in [3.05, 3.63) is 70.2 Å². The van der Waals surface area contributed by atoms with Crippen LogP contribution in [0.2, 0.25) is 0 Å². The number of esters is 1. The number of aromatic nitrogens is 2. The fourth-order valence-electron chi connectivity index (χ4n) is 2.37. The molecule has 0 saturated carbocycles. The second-order valence-electron chi connectivity index (χ2n) is 5.50. The van der Waals surface area contributed by atoms with E-state index in [0.717, 1.165) is 15.6 Å². The zero-order valence-corrected chi connectivity index (χ0v) is 15.2. The third kappa shape index (κ3) is 4.10. The zero-order valence-electron chi connectivity index (χ0n) is 13.6. The maximum Gasteiger partial charge on any atom is 0.310 e. The Morgan fingerprint density at radius 1 is 1.23 bits per heavy atom. The first-order valence-corrected chi connectivity index (χ1v) is 8.53. The Bertz CT molecular complexity index is 983. The lowest BCUT2D eigenvalue weighted by molar-refractivity contribution is -0.142. The number of hydrogen-bond acceptors (Lipinski definition) is 5. The van der Waals surface area contributed by atoms with Crippen molar-refractivity contribution in [1.29, 1.82) is 5.26 Å². The van der Waals surface area contributed by atoms with Gasteiger partial charge in [-0.05, 0) is 29.8 Å². The van der Waals surface area contributed by atoms with Crippen molar-refractivity contribution in [3.63, 3.8) is 0 Å². The highest BCUT2D eigenvalue weighted by molar-refractivity contribution is 9.10. The number of halogens is 1. The lowest BCUT2D eigenvalue weighted by atomic mass is 10.1. The maximum atomic E-state index is 11.9. The van der Waals surface area contributed by atoms with Crippen molar-refractivity contribution < 1.29 is 14.6 Å². The van der Waals surface area contributed by atoms with Gasteiger partial charge in [-0.3, -0.25) is 4.79 Å². The molecule has 0 spiro atoms. The molecule has 1 aromatic heterocycles. The normalized spacial score (nSPS) is 11.7. The second kappa shape index (κ2) is 7.85. The van der Waals surface area contributed by atoms with Crippen molar-refractivity contribution in [1.82, 2.24) is 9.97 Å². The highest BCUT2D eigenvalue weighted by Crippen LogP contribution is 2.19. The minimum absolute atomic E-state index is 0.0577. The van der Waals surface area contributed by atoms with Gasteiger partial charge >= 0.3 is 5.97 Å². The Morgan fingerprint density at radius 2 is 1.96 bits per heavy atom. The summed E-state index contributed by atoms with van der Waals surface area (Å²) in [7, 11) is 0. The molecule has 2 aromatic carbocycles. The molecule has 0 fully saturated rings. The number of nitrogens with zero attached hydrogens (tertiary/aromatic N) is 2. The molecule has 2 N–H and O–H groups in total. The van der Waals surface area contributed by atoms with E-state index in [1.165, 1.54) is 0 Å². The van der Waals surface area contributed by atoms with Gasteiger partial charge in [0.1, 0.15) is 18.2 Å². The number of carbonyl (C=O) groups is 1. The van der Waals surface area contributed by atoms with Gasteiger partial charge < -0.3 is 14.8 Å². The van der Waals surface area contributed by atoms with Crippen LogP contribution in [0.25, 0.3) is 16.6 Å². The number of nitriles is 1. The number of aromatic amines is 1. The fourth-order valence-corrected chi connectivity index (χ4v) is 2.63. The summed E-state index contributed by atoms with van der Waals surface area (Å²) in [6.07, 6.45) is 0.0765. The van der Waals surface area contributed by atoms with Gasteiger partial charge in [0, 0.05) is 4.47 Å². The van der Waals surface area contributed by atoms with Gasteiger partial charge in [-0.25, -0.2) is 4.98 Å². The number of aliphatic hydroxyl groups is 1. The van der Waals surface area contributed by atoms with Crippen LogP contribution in [0.5, 0.6) is 0 Å². The predicted octanol–water partition coefficient (Wildman–Crippen LogP) is 3.90. The number of rotatable bonds is 5. The quantitative estimate of drug-likeness (QED) is 0.376. The molecule has 0 aliphatic rings. The van der Waals surface area contributed by atoms with Crippen LogP contribution in [-0.2, 0) is 16.0 Å². The van der Waals surface area contributed by atoms with E-state index < -0.39 is 12.6 Å². The molecule has 0 radical (unpaired) electrons. The smallest absolute Gasteiger partial charge is 0.310 e. The topological polar surface area (TPSA) is 99.0 Å². The lowest BCUT2D eigenvalue weighted by Crippen LogP contribution is -2.11. The van der Waals surface area contributed by atoms with Gasteiger partial charge in [0.05, 0.1) is 17.5 Å². The van der Waals surface area contributed by atoms with Crippen molar-refractivity contribution in [2.75, 3.05) is 6.61 Å². The number of aliphatic hydroxyl groups excluding tert-OH is 1. The third-order valence-corrected chi connectivity index (χ3v) is 4.19. The van der Waals surface area contributed by atoms with E-state index in [1.54, 1.807) is 18.2 Å². The van der Waals surface area contributed by atoms with Gasteiger partial charge in [0.15, 0.2) is 11.6 Å². The largest absolute Gasteiger partial charge is 0.507 e. The van der Waals surface area contributed by atoms with Crippen LogP contribution in [0, 0.1) is 11.3 Å². The van der Waals surface area contributed by atoms with Crippen LogP contribution < -0.4 is 0 Å². The van der Waals surface area contributed by atoms with E-state index in [2.05, 4.69) is 25.9 Å². The monoisotopic (exact) mass is 411 g/mol. The van der Waals surface area contributed by atoms with Crippen molar-refractivity contribution in [3.8, 4) is 6.07 Å². The average molecular weight is 412 g/mol.